The Kier molecular flexibility index (Phi) is 8.54. The number of anilines is 1. The van der Waals surface area contributed by atoms with Crippen LogP contribution in [0.2, 0.25) is 0 Å². The summed E-state index contributed by atoms with van der Waals surface area (Å²) >= 11 is 3.39. The minimum absolute atomic E-state index is 0.0645. The van der Waals surface area contributed by atoms with Crippen LogP contribution in [-0.4, -0.2) is 32.6 Å². The van der Waals surface area contributed by atoms with Gasteiger partial charge in [-0.05, 0) is 52.7 Å². The molecule has 0 spiro atoms. The Morgan fingerprint density at radius 1 is 1.00 bits per heavy atom. The van der Waals surface area contributed by atoms with Crippen LogP contribution in [-0.2, 0) is 9.59 Å². The number of ether oxygens (including phenoxy) is 3. The van der Waals surface area contributed by atoms with Crippen LogP contribution in [0.4, 0.5) is 5.69 Å². The highest BCUT2D eigenvalue weighted by molar-refractivity contribution is 9.10. The third kappa shape index (κ3) is 7.00. The predicted molar refractivity (Wildman–Crippen MR) is 118 cm³/mol. The predicted octanol–water partition coefficient (Wildman–Crippen LogP) is 3.32. The van der Waals surface area contributed by atoms with Crippen molar-refractivity contribution >= 4 is 33.4 Å². The molecule has 0 fully saturated rings. The molecule has 0 aliphatic heterocycles. The Labute approximate surface area is 183 Å². The fraction of sp³-hybridized carbons (Fsp3) is 0.238. The fourth-order valence-corrected chi connectivity index (χ4v) is 3.01. The second-order valence-electron chi connectivity index (χ2n) is 6.29. The van der Waals surface area contributed by atoms with Crippen molar-refractivity contribution in [2.45, 2.75) is 13.3 Å². The molecular weight excluding hydrogens is 454 g/mol. The van der Waals surface area contributed by atoms with Gasteiger partial charge in [-0.3, -0.25) is 15.0 Å². The van der Waals surface area contributed by atoms with Crippen molar-refractivity contribution in [1.82, 2.24) is 10.9 Å². The summed E-state index contributed by atoms with van der Waals surface area (Å²) in [4.78, 5) is 24.2. The summed E-state index contributed by atoms with van der Waals surface area (Å²) in [5.41, 5.74) is 6.89. The third-order valence-corrected chi connectivity index (χ3v) is 4.50. The zero-order valence-corrected chi connectivity index (χ0v) is 18.6. The first-order valence-corrected chi connectivity index (χ1v) is 9.75. The topological polar surface area (TPSA) is 97.9 Å². The molecule has 0 heterocycles. The Morgan fingerprint density at radius 2 is 1.73 bits per heavy atom. The Balaban J connectivity index is 1.78. The second kappa shape index (κ2) is 11.1. The number of hydrazine groups is 1. The van der Waals surface area contributed by atoms with Gasteiger partial charge in [0, 0.05) is 11.8 Å². The minimum Gasteiger partial charge on any atom is -0.497 e. The normalized spacial score (nSPS) is 10.0. The molecule has 0 atom stereocenters. The summed E-state index contributed by atoms with van der Waals surface area (Å²) in [7, 11) is 3.04. The Morgan fingerprint density at radius 3 is 2.40 bits per heavy atom. The van der Waals surface area contributed by atoms with Gasteiger partial charge in [-0.15, -0.1) is 0 Å². The number of halogens is 1. The summed E-state index contributed by atoms with van der Waals surface area (Å²) < 4.78 is 16.6. The number of amides is 2. The van der Waals surface area contributed by atoms with Gasteiger partial charge in [-0.25, -0.2) is 0 Å². The van der Waals surface area contributed by atoms with Gasteiger partial charge < -0.3 is 25.0 Å². The molecule has 0 saturated carbocycles. The lowest BCUT2D eigenvalue weighted by Crippen LogP contribution is -2.40. The molecule has 0 aromatic heterocycles. The van der Waals surface area contributed by atoms with Crippen LogP contribution < -0.4 is 30.4 Å². The van der Waals surface area contributed by atoms with Gasteiger partial charge in [0.05, 0.1) is 30.8 Å². The van der Waals surface area contributed by atoms with E-state index in [-0.39, 0.29) is 18.9 Å². The highest BCUT2D eigenvalue weighted by Crippen LogP contribution is 2.29. The largest absolute Gasteiger partial charge is 0.497 e. The van der Waals surface area contributed by atoms with E-state index >= 15 is 0 Å². The molecule has 0 saturated heterocycles. The fourth-order valence-electron chi connectivity index (χ4n) is 2.40. The molecule has 0 bridgehead atoms. The van der Waals surface area contributed by atoms with E-state index < -0.39 is 5.91 Å². The average molecular weight is 478 g/mol. The van der Waals surface area contributed by atoms with Gasteiger partial charge in [0.2, 0.25) is 5.91 Å². The van der Waals surface area contributed by atoms with Crippen molar-refractivity contribution < 1.29 is 23.8 Å². The lowest BCUT2D eigenvalue weighted by atomic mass is 10.2. The molecule has 0 radical (unpaired) electrons. The van der Waals surface area contributed by atoms with Gasteiger partial charge in [0.15, 0.2) is 6.61 Å². The lowest BCUT2D eigenvalue weighted by molar-refractivity contribution is -0.124. The smallest absolute Gasteiger partial charge is 0.276 e. The SMILES string of the molecule is C=C(CC(=O)Nc1cc(OC)ccc1OC)NNC(=O)COc1ccc(C)cc1Br. The average Bonchev–Trinajstić information content (AvgIpc) is 2.71. The maximum absolute atomic E-state index is 12.3. The number of aryl methyl sites for hydroxylation is 1. The number of methoxy groups -OCH3 is 2. The number of benzene rings is 2. The number of carbonyl (C=O) groups is 2. The molecule has 3 N–H and O–H groups in total. The number of carbonyl (C=O) groups excluding carboxylic acids is 2. The van der Waals surface area contributed by atoms with E-state index in [2.05, 4.69) is 38.7 Å². The molecule has 2 rings (SSSR count). The molecule has 2 aromatic carbocycles. The molecule has 2 aromatic rings. The van der Waals surface area contributed by atoms with Crippen molar-refractivity contribution in [3.63, 3.8) is 0 Å². The first-order valence-electron chi connectivity index (χ1n) is 8.96. The molecule has 160 valence electrons. The molecule has 0 aliphatic carbocycles. The second-order valence-corrected chi connectivity index (χ2v) is 7.14. The van der Waals surface area contributed by atoms with Crippen LogP contribution in [0.15, 0.2) is 53.1 Å². The van der Waals surface area contributed by atoms with Crippen molar-refractivity contribution in [3.8, 4) is 17.2 Å². The van der Waals surface area contributed by atoms with E-state index in [1.165, 1.54) is 14.2 Å². The van der Waals surface area contributed by atoms with E-state index in [1.54, 1.807) is 24.3 Å². The summed E-state index contributed by atoms with van der Waals surface area (Å²) in [6.07, 6.45) is -0.0645. The third-order valence-electron chi connectivity index (χ3n) is 3.88. The number of hydrogen-bond acceptors (Lipinski definition) is 6. The maximum Gasteiger partial charge on any atom is 0.276 e. The van der Waals surface area contributed by atoms with Gasteiger partial charge in [0.1, 0.15) is 17.2 Å². The molecule has 8 nitrogen and oxygen atoms in total. The van der Waals surface area contributed by atoms with Crippen LogP contribution >= 0.6 is 15.9 Å². The van der Waals surface area contributed by atoms with Crippen molar-refractivity contribution in [2.24, 2.45) is 0 Å². The monoisotopic (exact) mass is 477 g/mol. The van der Waals surface area contributed by atoms with Crippen LogP contribution in [0.3, 0.4) is 0 Å². The van der Waals surface area contributed by atoms with E-state index in [1.807, 2.05) is 19.1 Å². The first kappa shape index (κ1) is 23.1. The molecular formula is C21H24BrN3O5. The first-order chi connectivity index (χ1) is 14.3. The summed E-state index contributed by atoms with van der Waals surface area (Å²) in [5.74, 6) is 0.874. The number of hydrogen-bond donors (Lipinski definition) is 3. The summed E-state index contributed by atoms with van der Waals surface area (Å²) in [6, 6.07) is 10.6. The van der Waals surface area contributed by atoms with Gasteiger partial charge in [-0.2, -0.15) is 0 Å². The van der Waals surface area contributed by atoms with Crippen LogP contribution in [0.25, 0.3) is 0 Å². The molecule has 0 unspecified atom stereocenters. The van der Waals surface area contributed by atoms with E-state index in [9.17, 15) is 9.59 Å². The van der Waals surface area contributed by atoms with Crippen LogP contribution in [0.5, 0.6) is 17.2 Å². The van der Waals surface area contributed by atoms with Crippen molar-refractivity contribution in [3.05, 3.63) is 58.7 Å². The number of nitrogens with one attached hydrogen (secondary N) is 3. The highest BCUT2D eigenvalue weighted by Gasteiger charge is 2.11. The van der Waals surface area contributed by atoms with Gasteiger partial charge in [0.25, 0.3) is 5.91 Å². The van der Waals surface area contributed by atoms with E-state index in [0.717, 1.165) is 10.0 Å². The van der Waals surface area contributed by atoms with Crippen LogP contribution in [0.1, 0.15) is 12.0 Å². The van der Waals surface area contributed by atoms with Crippen LogP contribution in [0, 0.1) is 6.92 Å². The van der Waals surface area contributed by atoms with E-state index in [0.29, 0.717) is 28.6 Å². The van der Waals surface area contributed by atoms with Gasteiger partial charge in [-0.1, -0.05) is 12.6 Å². The quantitative estimate of drug-likeness (QED) is 0.454. The minimum atomic E-state index is -0.418. The summed E-state index contributed by atoms with van der Waals surface area (Å²) in [6.45, 7) is 5.49. The number of rotatable bonds is 10. The molecule has 0 aliphatic rings. The van der Waals surface area contributed by atoms with E-state index in [4.69, 9.17) is 14.2 Å². The van der Waals surface area contributed by atoms with Gasteiger partial charge >= 0.3 is 0 Å². The zero-order chi connectivity index (χ0) is 22.1. The standard InChI is InChI=1S/C21H24BrN3O5/c1-13-5-7-18(16(22)9-13)30-12-21(27)25-24-14(2)10-20(26)23-17-11-15(28-3)6-8-19(17)29-4/h5-9,11,24H,2,10,12H2,1,3-4H3,(H,23,26)(H,25,27). The molecule has 9 heteroatoms. The van der Waals surface area contributed by atoms with Crippen molar-refractivity contribution in [2.75, 3.05) is 26.1 Å². The zero-order valence-electron chi connectivity index (χ0n) is 17.0. The van der Waals surface area contributed by atoms with Crippen molar-refractivity contribution in [1.29, 1.82) is 0 Å². The summed E-state index contributed by atoms with van der Waals surface area (Å²) in [5, 5.41) is 2.72. The Bertz CT molecular complexity index is 933. The molecule has 2 amide bonds. The highest BCUT2D eigenvalue weighted by atomic mass is 79.9. The maximum atomic E-state index is 12.3. The Hall–Kier alpha value is -3.20. The lowest BCUT2D eigenvalue weighted by Gasteiger charge is -2.14. The molecule has 30 heavy (non-hydrogen) atoms.